The molecule has 0 unspecified atom stereocenters. The van der Waals surface area contributed by atoms with Gasteiger partial charge in [0.15, 0.2) is 0 Å². The fraction of sp³-hybridized carbons (Fsp3) is 0.588. The van der Waals surface area contributed by atoms with Crippen molar-refractivity contribution in [2.24, 2.45) is 5.41 Å². The lowest BCUT2D eigenvalue weighted by molar-refractivity contribution is -0.149. The zero-order valence-electron chi connectivity index (χ0n) is 13.7. The van der Waals surface area contributed by atoms with Crippen LogP contribution in [0, 0.1) is 5.41 Å². The van der Waals surface area contributed by atoms with Crippen molar-refractivity contribution < 1.29 is 19.4 Å². The van der Waals surface area contributed by atoms with Crippen molar-refractivity contribution in [1.29, 1.82) is 0 Å². The Morgan fingerprint density at radius 2 is 1.91 bits per heavy atom. The minimum absolute atomic E-state index is 0.446. The lowest BCUT2D eigenvalue weighted by atomic mass is 9.82. The Labute approximate surface area is 132 Å². The number of aliphatic carboxylic acids is 1. The maximum absolute atomic E-state index is 11.5. The van der Waals surface area contributed by atoms with Gasteiger partial charge < -0.3 is 19.9 Å². The molecule has 0 radical (unpaired) electrons. The predicted molar refractivity (Wildman–Crippen MR) is 86.2 cm³/mol. The average Bonchev–Trinajstić information content (AvgIpc) is 2.53. The van der Waals surface area contributed by atoms with Gasteiger partial charge in [-0.1, -0.05) is 32.0 Å². The maximum Gasteiger partial charge on any atom is 0.310 e. The Kier molecular flexibility index (Phi) is 7.91. The van der Waals surface area contributed by atoms with E-state index in [1.165, 1.54) is 0 Å². The van der Waals surface area contributed by atoms with Crippen LogP contribution in [-0.2, 0) is 16.1 Å². The molecule has 0 spiro atoms. The number of rotatable bonds is 11. The zero-order chi connectivity index (χ0) is 16.4. The van der Waals surface area contributed by atoms with E-state index in [0.717, 1.165) is 11.3 Å². The van der Waals surface area contributed by atoms with E-state index in [1.807, 2.05) is 38.1 Å². The van der Waals surface area contributed by atoms with Crippen LogP contribution in [0.1, 0.15) is 32.3 Å². The Balaban J connectivity index is 2.62. The molecule has 0 amide bonds. The lowest BCUT2D eigenvalue weighted by Crippen LogP contribution is -2.40. The first-order valence-corrected chi connectivity index (χ1v) is 7.73. The summed E-state index contributed by atoms with van der Waals surface area (Å²) < 4.78 is 10.7. The minimum Gasteiger partial charge on any atom is -0.491 e. The van der Waals surface area contributed by atoms with Crippen molar-refractivity contribution in [3.05, 3.63) is 29.8 Å². The number of hydrogen-bond acceptors (Lipinski definition) is 4. The molecule has 0 aromatic heterocycles. The SMILES string of the molecule is CCC(CC)(CNCc1ccccc1OCCOC)C(=O)O. The van der Waals surface area contributed by atoms with E-state index in [9.17, 15) is 9.90 Å². The fourth-order valence-electron chi connectivity index (χ4n) is 2.34. The number of carbonyl (C=O) groups is 1. The average molecular weight is 309 g/mol. The molecule has 0 aliphatic rings. The van der Waals surface area contributed by atoms with Gasteiger partial charge in [0.05, 0.1) is 12.0 Å². The van der Waals surface area contributed by atoms with Gasteiger partial charge in [-0.05, 0) is 18.9 Å². The highest BCUT2D eigenvalue weighted by Crippen LogP contribution is 2.26. The Bertz CT molecular complexity index is 458. The van der Waals surface area contributed by atoms with E-state index in [1.54, 1.807) is 7.11 Å². The van der Waals surface area contributed by atoms with Crippen LogP contribution in [0.25, 0.3) is 0 Å². The Hall–Kier alpha value is -1.59. The van der Waals surface area contributed by atoms with Crippen LogP contribution >= 0.6 is 0 Å². The lowest BCUT2D eigenvalue weighted by Gasteiger charge is -2.27. The fourth-order valence-corrected chi connectivity index (χ4v) is 2.34. The van der Waals surface area contributed by atoms with Gasteiger partial charge in [-0.2, -0.15) is 0 Å². The quantitative estimate of drug-likeness (QED) is 0.615. The van der Waals surface area contributed by atoms with E-state index < -0.39 is 11.4 Å². The molecule has 0 saturated carbocycles. The summed E-state index contributed by atoms with van der Waals surface area (Å²) in [7, 11) is 1.64. The van der Waals surface area contributed by atoms with Gasteiger partial charge in [0.25, 0.3) is 0 Å². The van der Waals surface area contributed by atoms with Gasteiger partial charge in [-0.15, -0.1) is 0 Å². The molecular formula is C17H27NO4. The van der Waals surface area contributed by atoms with Crippen LogP contribution in [0.5, 0.6) is 5.75 Å². The molecule has 22 heavy (non-hydrogen) atoms. The van der Waals surface area contributed by atoms with Crippen LogP contribution in [0.2, 0.25) is 0 Å². The van der Waals surface area contributed by atoms with E-state index in [-0.39, 0.29) is 0 Å². The molecule has 1 aromatic carbocycles. The van der Waals surface area contributed by atoms with Gasteiger partial charge in [-0.3, -0.25) is 4.79 Å². The van der Waals surface area contributed by atoms with Crippen molar-refractivity contribution in [2.75, 3.05) is 26.9 Å². The second-order valence-electron chi connectivity index (χ2n) is 5.35. The third-order valence-electron chi connectivity index (χ3n) is 4.10. The number of carboxylic acid groups (broad SMARTS) is 1. The summed E-state index contributed by atoms with van der Waals surface area (Å²) in [5.41, 5.74) is 0.316. The smallest absolute Gasteiger partial charge is 0.310 e. The highest BCUT2D eigenvalue weighted by atomic mass is 16.5. The van der Waals surface area contributed by atoms with Crippen LogP contribution in [0.3, 0.4) is 0 Å². The van der Waals surface area contributed by atoms with Crippen molar-refractivity contribution >= 4 is 5.97 Å². The van der Waals surface area contributed by atoms with Crippen LogP contribution in [0.15, 0.2) is 24.3 Å². The number of carboxylic acids is 1. The second-order valence-corrected chi connectivity index (χ2v) is 5.35. The number of para-hydroxylation sites is 1. The molecule has 2 N–H and O–H groups in total. The van der Waals surface area contributed by atoms with Crippen molar-refractivity contribution in [2.45, 2.75) is 33.2 Å². The van der Waals surface area contributed by atoms with Gasteiger partial charge >= 0.3 is 5.97 Å². The molecule has 1 aromatic rings. The van der Waals surface area contributed by atoms with Gasteiger partial charge in [0.2, 0.25) is 0 Å². The summed E-state index contributed by atoms with van der Waals surface area (Å²) in [4.78, 5) is 11.5. The Morgan fingerprint density at radius 1 is 1.23 bits per heavy atom. The first kappa shape index (κ1) is 18.5. The number of hydrogen-bond donors (Lipinski definition) is 2. The van der Waals surface area contributed by atoms with Crippen LogP contribution in [0.4, 0.5) is 0 Å². The molecule has 5 nitrogen and oxygen atoms in total. The van der Waals surface area contributed by atoms with Gasteiger partial charge in [0, 0.05) is 25.8 Å². The van der Waals surface area contributed by atoms with Crippen molar-refractivity contribution in [3.8, 4) is 5.75 Å². The molecule has 0 atom stereocenters. The van der Waals surface area contributed by atoms with Crippen LogP contribution in [-0.4, -0.2) is 37.9 Å². The molecule has 5 heteroatoms. The van der Waals surface area contributed by atoms with E-state index >= 15 is 0 Å². The molecule has 124 valence electrons. The molecular weight excluding hydrogens is 282 g/mol. The summed E-state index contributed by atoms with van der Waals surface area (Å²) in [6.45, 7) is 5.90. The third-order valence-corrected chi connectivity index (χ3v) is 4.10. The van der Waals surface area contributed by atoms with E-state index in [4.69, 9.17) is 9.47 Å². The first-order chi connectivity index (χ1) is 10.6. The summed E-state index contributed by atoms with van der Waals surface area (Å²) >= 11 is 0. The van der Waals surface area contributed by atoms with Crippen molar-refractivity contribution in [3.63, 3.8) is 0 Å². The molecule has 0 bridgehead atoms. The zero-order valence-corrected chi connectivity index (χ0v) is 13.7. The first-order valence-electron chi connectivity index (χ1n) is 7.73. The van der Waals surface area contributed by atoms with Crippen molar-refractivity contribution in [1.82, 2.24) is 5.32 Å². The molecule has 0 aliphatic heterocycles. The normalized spacial score (nSPS) is 11.4. The molecule has 0 heterocycles. The summed E-state index contributed by atoms with van der Waals surface area (Å²) in [5, 5.41) is 12.7. The maximum atomic E-state index is 11.5. The number of nitrogens with one attached hydrogen (secondary N) is 1. The summed E-state index contributed by atoms with van der Waals surface area (Å²) in [6.07, 6.45) is 1.22. The van der Waals surface area contributed by atoms with Gasteiger partial charge in [0.1, 0.15) is 12.4 Å². The van der Waals surface area contributed by atoms with E-state index in [0.29, 0.717) is 39.1 Å². The molecule has 0 saturated heterocycles. The second kappa shape index (κ2) is 9.43. The largest absolute Gasteiger partial charge is 0.491 e. The number of benzene rings is 1. The summed E-state index contributed by atoms with van der Waals surface area (Å²) in [6, 6.07) is 7.77. The monoisotopic (exact) mass is 309 g/mol. The van der Waals surface area contributed by atoms with E-state index in [2.05, 4.69) is 5.32 Å². The third kappa shape index (κ3) is 5.00. The van der Waals surface area contributed by atoms with Gasteiger partial charge in [-0.25, -0.2) is 0 Å². The van der Waals surface area contributed by atoms with Crippen LogP contribution < -0.4 is 10.1 Å². The standard InChI is InChI=1S/C17H27NO4/c1-4-17(5-2,16(19)20)13-18-12-14-8-6-7-9-15(14)22-11-10-21-3/h6-9,18H,4-5,10-13H2,1-3H3,(H,19,20). The number of ether oxygens (including phenoxy) is 2. The molecule has 0 fully saturated rings. The minimum atomic E-state index is -0.741. The summed E-state index contributed by atoms with van der Waals surface area (Å²) in [5.74, 6) is 0.0654. The number of methoxy groups -OCH3 is 1. The Morgan fingerprint density at radius 3 is 2.50 bits per heavy atom. The molecule has 0 aliphatic carbocycles. The highest BCUT2D eigenvalue weighted by molar-refractivity contribution is 5.74. The topological polar surface area (TPSA) is 67.8 Å². The predicted octanol–water partition coefficient (Wildman–Crippen LogP) is 2.69. The highest BCUT2D eigenvalue weighted by Gasteiger charge is 2.34. The molecule has 1 rings (SSSR count).